The molecule has 1 aromatic heterocycles. The number of aryl methyl sites for hydroxylation is 2. The van der Waals surface area contributed by atoms with Gasteiger partial charge in [-0.25, -0.2) is 4.98 Å². The van der Waals surface area contributed by atoms with Crippen LogP contribution in [0.2, 0.25) is 5.28 Å². The van der Waals surface area contributed by atoms with E-state index in [0.29, 0.717) is 0 Å². The molecule has 0 atom stereocenters. The summed E-state index contributed by atoms with van der Waals surface area (Å²) in [6, 6.07) is 0. The molecule has 0 saturated heterocycles. The number of rotatable bonds is 1. The van der Waals surface area contributed by atoms with Crippen LogP contribution >= 0.6 is 11.6 Å². The molecule has 0 spiro atoms. The van der Waals surface area contributed by atoms with Crippen molar-refractivity contribution in [3.63, 3.8) is 0 Å². The van der Waals surface area contributed by atoms with Gasteiger partial charge < -0.3 is 0 Å². The summed E-state index contributed by atoms with van der Waals surface area (Å²) >= 11 is 5.51. The van der Waals surface area contributed by atoms with Gasteiger partial charge in [-0.1, -0.05) is 6.92 Å². The van der Waals surface area contributed by atoms with Crippen molar-refractivity contribution in [2.24, 2.45) is 0 Å². The molecule has 0 aliphatic rings. The Labute approximate surface area is 64.5 Å². The maximum atomic E-state index is 5.51. The van der Waals surface area contributed by atoms with Crippen LogP contribution in [-0.2, 0) is 6.42 Å². The topological polar surface area (TPSA) is 38.7 Å². The van der Waals surface area contributed by atoms with Crippen LogP contribution < -0.4 is 0 Å². The minimum Gasteiger partial charge on any atom is -0.220 e. The predicted molar refractivity (Wildman–Crippen MR) is 39.0 cm³/mol. The summed E-state index contributed by atoms with van der Waals surface area (Å²) < 4.78 is 0. The normalized spacial score (nSPS) is 9.90. The van der Waals surface area contributed by atoms with E-state index < -0.39 is 0 Å². The van der Waals surface area contributed by atoms with Gasteiger partial charge in [0.2, 0.25) is 5.28 Å². The van der Waals surface area contributed by atoms with Gasteiger partial charge in [0, 0.05) is 0 Å². The SMILES string of the molecule is CCc1nc(Cl)nnc1C. The molecule has 1 heterocycles. The Morgan fingerprint density at radius 2 is 2.10 bits per heavy atom. The van der Waals surface area contributed by atoms with Crippen molar-refractivity contribution in [1.29, 1.82) is 0 Å². The van der Waals surface area contributed by atoms with Gasteiger partial charge >= 0.3 is 0 Å². The Hall–Kier alpha value is -0.700. The van der Waals surface area contributed by atoms with Gasteiger partial charge in [-0.2, -0.15) is 5.10 Å². The van der Waals surface area contributed by atoms with Gasteiger partial charge in [0.05, 0.1) is 11.4 Å². The molecule has 1 rings (SSSR count). The summed E-state index contributed by atoms with van der Waals surface area (Å²) in [4.78, 5) is 3.98. The molecule has 0 aromatic carbocycles. The highest BCUT2D eigenvalue weighted by Gasteiger charge is 1.99. The van der Waals surface area contributed by atoms with E-state index in [1.165, 1.54) is 0 Å². The fraction of sp³-hybridized carbons (Fsp3) is 0.500. The van der Waals surface area contributed by atoms with Crippen molar-refractivity contribution < 1.29 is 0 Å². The van der Waals surface area contributed by atoms with E-state index in [4.69, 9.17) is 11.6 Å². The molecule has 0 unspecified atom stereocenters. The Kier molecular flexibility index (Phi) is 2.17. The second kappa shape index (κ2) is 2.92. The van der Waals surface area contributed by atoms with Crippen molar-refractivity contribution in [2.75, 3.05) is 0 Å². The first-order chi connectivity index (χ1) is 4.74. The fourth-order valence-corrected chi connectivity index (χ4v) is 0.863. The average molecular weight is 158 g/mol. The van der Waals surface area contributed by atoms with Crippen LogP contribution in [0.5, 0.6) is 0 Å². The van der Waals surface area contributed by atoms with Crippen LogP contribution in [0.4, 0.5) is 0 Å². The van der Waals surface area contributed by atoms with E-state index >= 15 is 0 Å². The van der Waals surface area contributed by atoms with E-state index in [9.17, 15) is 0 Å². The van der Waals surface area contributed by atoms with E-state index in [0.717, 1.165) is 17.8 Å². The monoisotopic (exact) mass is 157 g/mol. The summed E-state index contributed by atoms with van der Waals surface area (Å²) in [5, 5.41) is 7.62. The number of aromatic nitrogens is 3. The minimum absolute atomic E-state index is 0.224. The molecule has 0 aliphatic carbocycles. The number of hydrogen-bond donors (Lipinski definition) is 0. The maximum absolute atomic E-state index is 5.51. The van der Waals surface area contributed by atoms with Crippen LogP contribution in [0.1, 0.15) is 18.3 Å². The van der Waals surface area contributed by atoms with Gasteiger partial charge in [-0.15, -0.1) is 5.10 Å². The van der Waals surface area contributed by atoms with E-state index in [1.807, 2.05) is 13.8 Å². The maximum Gasteiger partial charge on any atom is 0.243 e. The molecule has 0 N–H and O–H groups in total. The van der Waals surface area contributed by atoms with Gasteiger partial charge in [0.1, 0.15) is 0 Å². The largest absolute Gasteiger partial charge is 0.243 e. The Bertz CT molecular complexity index is 236. The summed E-state index contributed by atoms with van der Waals surface area (Å²) in [5.41, 5.74) is 1.77. The molecule has 3 nitrogen and oxygen atoms in total. The lowest BCUT2D eigenvalue weighted by Crippen LogP contribution is -1.98. The zero-order valence-electron chi connectivity index (χ0n) is 5.93. The number of hydrogen-bond acceptors (Lipinski definition) is 3. The summed E-state index contributed by atoms with van der Waals surface area (Å²) in [6.07, 6.45) is 0.848. The Morgan fingerprint density at radius 3 is 2.60 bits per heavy atom. The lowest BCUT2D eigenvalue weighted by Gasteiger charge is -1.97. The highest BCUT2D eigenvalue weighted by Crippen LogP contribution is 2.03. The lowest BCUT2D eigenvalue weighted by atomic mass is 10.3. The number of halogens is 1. The fourth-order valence-electron chi connectivity index (χ4n) is 0.723. The average Bonchev–Trinajstić information content (AvgIpc) is 1.94. The van der Waals surface area contributed by atoms with Crippen LogP contribution in [0.15, 0.2) is 0 Å². The molecular formula is C6H8ClN3. The molecule has 0 aliphatic heterocycles. The van der Waals surface area contributed by atoms with Crippen LogP contribution in [0.3, 0.4) is 0 Å². The van der Waals surface area contributed by atoms with Crippen molar-refractivity contribution in [3.8, 4) is 0 Å². The van der Waals surface area contributed by atoms with Crippen molar-refractivity contribution in [2.45, 2.75) is 20.3 Å². The van der Waals surface area contributed by atoms with Gasteiger partial charge in [0.25, 0.3) is 0 Å². The summed E-state index contributed by atoms with van der Waals surface area (Å²) in [6.45, 7) is 3.88. The molecular weight excluding hydrogens is 150 g/mol. The highest BCUT2D eigenvalue weighted by molar-refractivity contribution is 6.28. The molecule has 0 radical (unpaired) electrons. The smallest absolute Gasteiger partial charge is 0.220 e. The standard InChI is InChI=1S/C6H8ClN3/c1-3-5-4(2)9-10-6(7)8-5/h3H2,1-2H3. The predicted octanol–water partition coefficient (Wildman–Crippen LogP) is 1.40. The molecule has 1 aromatic rings. The molecule has 0 bridgehead atoms. The molecule has 4 heteroatoms. The zero-order valence-corrected chi connectivity index (χ0v) is 6.68. The van der Waals surface area contributed by atoms with Gasteiger partial charge in [0.15, 0.2) is 0 Å². The third-order valence-electron chi connectivity index (χ3n) is 1.26. The lowest BCUT2D eigenvalue weighted by molar-refractivity contribution is 0.860. The molecule has 0 saturated carbocycles. The van der Waals surface area contributed by atoms with Crippen molar-refractivity contribution in [3.05, 3.63) is 16.7 Å². The molecule has 0 fully saturated rings. The molecule has 0 amide bonds. The second-order valence-corrected chi connectivity index (χ2v) is 2.30. The van der Waals surface area contributed by atoms with E-state index in [1.54, 1.807) is 0 Å². The molecule has 54 valence electrons. The first-order valence-corrected chi connectivity index (χ1v) is 3.47. The first kappa shape index (κ1) is 7.41. The van der Waals surface area contributed by atoms with Crippen LogP contribution in [-0.4, -0.2) is 15.2 Å². The second-order valence-electron chi connectivity index (χ2n) is 1.97. The van der Waals surface area contributed by atoms with Crippen LogP contribution in [0, 0.1) is 6.92 Å². The van der Waals surface area contributed by atoms with E-state index in [-0.39, 0.29) is 5.28 Å². The highest BCUT2D eigenvalue weighted by atomic mass is 35.5. The zero-order chi connectivity index (χ0) is 7.56. The first-order valence-electron chi connectivity index (χ1n) is 3.09. The minimum atomic E-state index is 0.224. The van der Waals surface area contributed by atoms with E-state index in [2.05, 4.69) is 15.2 Å². The summed E-state index contributed by atoms with van der Waals surface area (Å²) in [5.74, 6) is 0. The number of nitrogens with zero attached hydrogens (tertiary/aromatic N) is 3. The summed E-state index contributed by atoms with van der Waals surface area (Å²) in [7, 11) is 0. The Balaban J connectivity index is 3.09. The third kappa shape index (κ3) is 1.42. The Morgan fingerprint density at radius 1 is 1.40 bits per heavy atom. The quantitative estimate of drug-likeness (QED) is 0.619. The van der Waals surface area contributed by atoms with Crippen molar-refractivity contribution in [1.82, 2.24) is 15.2 Å². The molecule has 10 heavy (non-hydrogen) atoms. The van der Waals surface area contributed by atoms with Crippen LogP contribution in [0.25, 0.3) is 0 Å². The third-order valence-corrected chi connectivity index (χ3v) is 1.42. The van der Waals surface area contributed by atoms with Gasteiger partial charge in [-0.3, -0.25) is 0 Å². The van der Waals surface area contributed by atoms with Crippen molar-refractivity contribution >= 4 is 11.6 Å². The van der Waals surface area contributed by atoms with Gasteiger partial charge in [-0.05, 0) is 24.9 Å².